The standard InChI is InChI=1S/C12H19N3O3/c1-5-7(2)10(12(17)18)13-11(16)9-8(3)6-15(4)14-9/h6-7,10H,5H2,1-4H3,(H,13,16)(H,17,18)/t7-,10-/m0/s1. The minimum Gasteiger partial charge on any atom is -0.480 e. The van der Waals surface area contributed by atoms with Gasteiger partial charge < -0.3 is 10.4 Å². The normalized spacial score (nSPS) is 14.0. The Kier molecular flexibility index (Phi) is 4.47. The Hall–Kier alpha value is -1.85. The van der Waals surface area contributed by atoms with Gasteiger partial charge in [-0.1, -0.05) is 20.3 Å². The molecule has 0 radical (unpaired) electrons. The van der Waals surface area contributed by atoms with Crippen LogP contribution in [0.5, 0.6) is 0 Å². The maximum absolute atomic E-state index is 12.0. The first-order valence-electron chi connectivity index (χ1n) is 5.90. The van der Waals surface area contributed by atoms with E-state index in [1.54, 1.807) is 27.1 Å². The molecule has 0 fully saturated rings. The molecule has 1 aromatic rings. The van der Waals surface area contributed by atoms with E-state index >= 15 is 0 Å². The van der Waals surface area contributed by atoms with Gasteiger partial charge in [-0.2, -0.15) is 5.10 Å². The van der Waals surface area contributed by atoms with E-state index < -0.39 is 17.9 Å². The van der Waals surface area contributed by atoms with Gasteiger partial charge in [0.25, 0.3) is 5.91 Å². The van der Waals surface area contributed by atoms with Gasteiger partial charge in [-0.05, 0) is 12.8 Å². The van der Waals surface area contributed by atoms with Crippen molar-refractivity contribution >= 4 is 11.9 Å². The van der Waals surface area contributed by atoms with E-state index in [2.05, 4.69) is 10.4 Å². The van der Waals surface area contributed by atoms with Crippen molar-refractivity contribution in [1.29, 1.82) is 0 Å². The molecule has 100 valence electrons. The Labute approximate surface area is 106 Å². The summed E-state index contributed by atoms with van der Waals surface area (Å²) in [5.74, 6) is -1.59. The predicted octanol–water partition coefficient (Wildman–Crippen LogP) is 0.958. The quantitative estimate of drug-likeness (QED) is 0.818. The van der Waals surface area contributed by atoms with Crippen LogP contribution < -0.4 is 5.32 Å². The van der Waals surface area contributed by atoms with E-state index in [4.69, 9.17) is 5.11 Å². The lowest BCUT2D eigenvalue weighted by atomic mass is 9.99. The number of rotatable bonds is 5. The van der Waals surface area contributed by atoms with Crippen molar-refractivity contribution in [2.24, 2.45) is 13.0 Å². The number of carboxylic acids is 1. The second-order valence-electron chi connectivity index (χ2n) is 4.51. The van der Waals surface area contributed by atoms with Gasteiger partial charge in [-0.3, -0.25) is 9.48 Å². The molecular formula is C12H19N3O3. The highest BCUT2D eigenvalue weighted by molar-refractivity contribution is 5.96. The molecule has 6 nitrogen and oxygen atoms in total. The molecule has 0 bridgehead atoms. The lowest BCUT2D eigenvalue weighted by Crippen LogP contribution is -2.45. The average molecular weight is 253 g/mol. The molecule has 2 atom stereocenters. The summed E-state index contributed by atoms with van der Waals surface area (Å²) in [7, 11) is 1.72. The summed E-state index contributed by atoms with van der Waals surface area (Å²) in [6, 6.07) is -0.885. The summed E-state index contributed by atoms with van der Waals surface area (Å²) >= 11 is 0. The van der Waals surface area contributed by atoms with Crippen molar-refractivity contribution in [2.45, 2.75) is 33.2 Å². The molecule has 18 heavy (non-hydrogen) atoms. The third-order valence-corrected chi connectivity index (χ3v) is 2.99. The van der Waals surface area contributed by atoms with Gasteiger partial charge in [-0.15, -0.1) is 0 Å². The second-order valence-corrected chi connectivity index (χ2v) is 4.51. The van der Waals surface area contributed by atoms with Crippen molar-refractivity contribution in [1.82, 2.24) is 15.1 Å². The van der Waals surface area contributed by atoms with E-state index in [1.165, 1.54) is 4.68 Å². The van der Waals surface area contributed by atoms with Gasteiger partial charge in [0.05, 0.1) is 0 Å². The molecule has 1 amide bonds. The number of aliphatic carboxylic acids is 1. The van der Waals surface area contributed by atoms with Crippen LogP contribution in [0.2, 0.25) is 0 Å². The zero-order valence-electron chi connectivity index (χ0n) is 11.1. The Morgan fingerprint density at radius 1 is 1.56 bits per heavy atom. The van der Waals surface area contributed by atoms with Crippen molar-refractivity contribution in [3.8, 4) is 0 Å². The van der Waals surface area contributed by atoms with Crippen molar-refractivity contribution in [2.75, 3.05) is 0 Å². The molecule has 0 aromatic carbocycles. The van der Waals surface area contributed by atoms with Crippen LogP contribution in [0.25, 0.3) is 0 Å². The van der Waals surface area contributed by atoms with E-state index in [-0.39, 0.29) is 11.6 Å². The fourth-order valence-corrected chi connectivity index (χ4v) is 1.72. The minimum absolute atomic E-state index is 0.129. The number of aryl methyl sites for hydroxylation is 2. The highest BCUT2D eigenvalue weighted by Crippen LogP contribution is 2.10. The maximum atomic E-state index is 12.0. The predicted molar refractivity (Wildman–Crippen MR) is 66.3 cm³/mol. The summed E-state index contributed by atoms with van der Waals surface area (Å²) < 4.78 is 1.53. The Bertz CT molecular complexity index is 453. The van der Waals surface area contributed by atoms with Crippen LogP contribution in [-0.4, -0.2) is 32.8 Å². The molecule has 1 aromatic heterocycles. The molecule has 0 unspecified atom stereocenters. The van der Waals surface area contributed by atoms with Gasteiger partial charge in [0, 0.05) is 18.8 Å². The Morgan fingerprint density at radius 3 is 2.56 bits per heavy atom. The third-order valence-electron chi connectivity index (χ3n) is 2.99. The molecule has 1 heterocycles. The van der Waals surface area contributed by atoms with Gasteiger partial charge in [0.15, 0.2) is 5.69 Å². The summed E-state index contributed by atoms with van der Waals surface area (Å²) in [6.45, 7) is 5.45. The topological polar surface area (TPSA) is 84.2 Å². The molecule has 6 heteroatoms. The van der Waals surface area contributed by atoms with Crippen molar-refractivity contribution < 1.29 is 14.7 Å². The fraction of sp³-hybridized carbons (Fsp3) is 0.583. The number of carboxylic acid groups (broad SMARTS) is 1. The number of carbonyl (C=O) groups is 2. The first-order chi connectivity index (χ1) is 8.36. The highest BCUT2D eigenvalue weighted by Gasteiger charge is 2.27. The lowest BCUT2D eigenvalue weighted by molar-refractivity contribution is -0.140. The zero-order chi connectivity index (χ0) is 13.9. The van der Waals surface area contributed by atoms with Crippen LogP contribution in [0.3, 0.4) is 0 Å². The van der Waals surface area contributed by atoms with E-state index in [1.807, 2.05) is 6.92 Å². The molecule has 0 aliphatic rings. The first kappa shape index (κ1) is 14.2. The third kappa shape index (κ3) is 3.09. The van der Waals surface area contributed by atoms with Crippen LogP contribution in [-0.2, 0) is 11.8 Å². The summed E-state index contributed by atoms with van der Waals surface area (Å²) in [5, 5.41) is 15.6. The average Bonchev–Trinajstić information content (AvgIpc) is 2.63. The van der Waals surface area contributed by atoms with Crippen LogP contribution in [0, 0.1) is 12.8 Å². The first-order valence-corrected chi connectivity index (χ1v) is 5.90. The summed E-state index contributed by atoms with van der Waals surface area (Å²) in [4.78, 5) is 23.1. The van der Waals surface area contributed by atoms with Crippen LogP contribution in [0.15, 0.2) is 6.20 Å². The van der Waals surface area contributed by atoms with E-state index in [9.17, 15) is 9.59 Å². The van der Waals surface area contributed by atoms with Crippen LogP contribution in [0.4, 0.5) is 0 Å². The van der Waals surface area contributed by atoms with Gasteiger partial charge in [0.2, 0.25) is 0 Å². The van der Waals surface area contributed by atoms with Gasteiger partial charge >= 0.3 is 5.97 Å². The van der Waals surface area contributed by atoms with Crippen LogP contribution in [0.1, 0.15) is 36.3 Å². The number of hydrogen-bond donors (Lipinski definition) is 2. The van der Waals surface area contributed by atoms with Crippen LogP contribution >= 0.6 is 0 Å². The summed E-state index contributed by atoms with van der Waals surface area (Å²) in [5.41, 5.74) is 0.996. The van der Waals surface area contributed by atoms with E-state index in [0.29, 0.717) is 6.42 Å². The lowest BCUT2D eigenvalue weighted by Gasteiger charge is -2.19. The molecule has 0 saturated carbocycles. The van der Waals surface area contributed by atoms with E-state index in [0.717, 1.165) is 5.56 Å². The maximum Gasteiger partial charge on any atom is 0.326 e. The Balaban J connectivity index is 2.85. The van der Waals surface area contributed by atoms with Gasteiger partial charge in [0.1, 0.15) is 6.04 Å². The molecule has 0 aliphatic carbocycles. The monoisotopic (exact) mass is 253 g/mol. The number of amides is 1. The molecule has 0 aliphatic heterocycles. The van der Waals surface area contributed by atoms with Crippen molar-refractivity contribution in [3.63, 3.8) is 0 Å². The number of nitrogens with zero attached hydrogens (tertiary/aromatic N) is 2. The Morgan fingerprint density at radius 2 is 2.17 bits per heavy atom. The number of hydrogen-bond acceptors (Lipinski definition) is 3. The number of nitrogens with one attached hydrogen (secondary N) is 1. The second kappa shape index (κ2) is 5.66. The number of carbonyl (C=O) groups excluding carboxylic acids is 1. The van der Waals surface area contributed by atoms with Gasteiger partial charge in [-0.25, -0.2) is 4.79 Å². The molecule has 2 N–H and O–H groups in total. The smallest absolute Gasteiger partial charge is 0.326 e. The molecule has 0 spiro atoms. The summed E-state index contributed by atoms with van der Waals surface area (Å²) in [6.07, 6.45) is 2.40. The molecular weight excluding hydrogens is 234 g/mol. The molecule has 1 rings (SSSR count). The highest BCUT2D eigenvalue weighted by atomic mass is 16.4. The molecule has 0 saturated heterocycles. The SMILES string of the molecule is CC[C@H](C)[C@H](NC(=O)c1nn(C)cc1C)C(=O)O. The fourth-order valence-electron chi connectivity index (χ4n) is 1.72. The van der Waals surface area contributed by atoms with Crippen molar-refractivity contribution in [3.05, 3.63) is 17.5 Å². The largest absolute Gasteiger partial charge is 0.480 e. The number of aromatic nitrogens is 2. The zero-order valence-corrected chi connectivity index (χ0v) is 11.1. The minimum atomic E-state index is -1.02.